The first-order valence-electron chi connectivity index (χ1n) is 7.76. The van der Waals surface area contributed by atoms with Gasteiger partial charge in [0.1, 0.15) is 11.4 Å². The predicted molar refractivity (Wildman–Crippen MR) is 88.4 cm³/mol. The van der Waals surface area contributed by atoms with Gasteiger partial charge in [-0.25, -0.2) is 13.4 Å². The molecule has 1 fully saturated rings. The molecular formula is C16H22N2O4S. The van der Waals surface area contributed by atoms with E-state index >= 15 is 0 Å². The first kappa shape index (κ1) is 16.4. The van der Waals surface area contributed by atoms with Crippen LogP contribution in [0, 0.1) is 0 Å². The highest BCUT2D eigenvalue weighted by Gasteiger charge is 2.32. The second kappa shape index (κ2) is 6.59. The first-order valence-corrected chi connectivity index (χ1v) is 8.49. The molecule has 1 amide bonds. The van der Waals surface area contributed by atoms with Crippen LogP contribution >= 0.6 is 12.1 Å². The van der Waals surface area contributed by atoms with Gasteiger partial charge < -0.3 is 14.6 Å². The lowest BCUT2D eigenvalue weighted by atomic mass is 10.0. The Morgan fingerprint density at radius 3 is 2.83 bits per heavy atom. The largest absolute Gasteiger partial charge is 0.487 e. The molecule has 1 saturated heterocycles. The Kier molecular flexibility index (Phi) is 4.70. The Balaban J connectivity index is 1.74. The summed E-state index contributed by atoms with van der Waals surface area (Å²) in [4.78, 5) is 11.6. The maximum atomic E-state index is 11.6. The average molecular weight is 338 g/mol. The number of para-hydroxylation sites is 1. The molecule has 0 unspecified atom stereocenters. The molecule has 6 nitrogen and oxygen atoms in total. The molecular weight excluding hydrogens is 316 g/mol. The van der Waals surface area contributed by atoms with Crippen molar-refractivity contribution in [1.29, 1.82) is 0 Å². The van der Waals surface area contributed by atoms with Crippen LogP contribution in [-0.4, -0.2) is 51.7 Å². The van der Waals surface area contributed by atoms with Crippen molar-refractivity contribution < 1.29 is 19.4 Å². The minimum absolute atomic E-state index is 0.232. The molecule has 126 valence electrons. The molecule has 2 aliphatic rings. The van der Waals surface area contributed by atoms with Crippen molar-refractivity contribution in [3.8, 4) is 5.75 Å². The lowest BCUT2D eigenvalue weighted by molar-refractivity contribution is 0.0754. The minimum atomic E-state index is -0.948. The summed E-state index contributed by atoms with van der Waals surface area (Å²) >= 11 is 1.25. The number of ether oxygens (including phenoxy) is 2. The molecule has 0 atom stereocenters. The molecule has 2 aliphatic heterocycles. The van der Waals surface area contributed by atoms with E-state index in [1.807, 2.05) is 36.4 Å². The van der Waals surface area contributed by atoms with Gasteiger partial charge in [-0.05, 0) is 19.4 Å². The summed E-state index contributed by atoms with van der Waals surface area (Å²) in [5, 5.41) is 9.52. The first-order chi connectivity index (χ1) is 10.9. The van der Waals surface area contributed by atoms with E-state index < -0.39 is 6.09 Å². The number of fused-ring (bicyclic) bond motifs is 1. The molecule has 0 aliphatic carbocycles. The van der Waals surface area contributed by atoms with E-state index in [0.29, 0.717) is 19.8 Å². The summed E-state index contributed by atoms with van der Waals surface area (Å²) in [6.45, 7) is 7.13. The van der Waals surface area contributed by atoms with E-state index in [4.69, 9.17) is 9.47 Å². The lowest BCUT2D eigenvalue weighted by Crippen LogP contribution is -2.36. The second-order valence-electron chi connectivity index (χ2n) is 6.39. The summed E-state index contributed by atoms with van der Waals surface area (Å²) < 4.78 is 14.7. The predicted octanol–water partition coefficient (Wildman–Crippen LogP) is 2.78. The zero-order valence-electron chi connectivity index (χ0n) is 13.4. The zero-order valence-corrected chi connectivity index (χ0v) is 14.3. The fourth-order valence-electron chi connectivity index (χ4n) is 2.86. The van der Waals surface area contributed by atoms with E-state index in [1.165, 1.54) is 16.4 Å². The van der Waals surface area contributed by atoms with Crippen molar-refractivity contribution in [3.05, 3.63) is 29.3 Å². The molecule has 23 heavy (non-hydrogen) atoms. The van der Waals surface area contributed by atoms with Gasteiger partial charge in [0.15, 0.2) is 0 Å². The number of benzene rings is 1. The van der Waals surface area contributed by atoms with Crippen LogP contribution in [0.2, 0.25) is 0 Å². The third kappa shape index (κ3) is 3.91. The van der Waals surface area contributed by atoms with Crippen LogP contribution in [-0.2, 0) is 17.7 Å². The quantitative estimate of drug-likeness (QED) is 0.852. The average Bonchev–Trinajstić information content (AvgIpc) is 2.82. The van der Waals surface area contributed by atoms with Gasteiger partial charge in [-0.15, -0.1) is 0 Å². The van der Waals surface area contributed by atoms with Gasteiger partial charge in [-0.2, -0.15) is 0 Å². The third-order valence-corrected chi connectivity index (χ3v) is 4.96. The molecule has 1 aromatic rings. The van der Waals surface area contributed by atoms with Gasteiger partial charge in [-0.3, -0.25) is 0 Å². The summed E-state index contributed by atoms with van der Waals surface area (Å²) in [6, 6.07) is 5.96. The number of morpholine rings is 1. The molecule has 0 aromatic heterocycles. The zero-order chi connectivity index (χ0) is 16.4. The van der Waals surface area contributed by atoms with E-state index in [2.05, 4.69) is 0 Å². The maximum Gasteiger partial charge on any atom is 0.418 e. The number of hydrogen-bond acceptors (Lipinski definition) is 5. The molecule has 0 spiro atoms. The van der Waals surface area contributed by atoms with Crippen LogP contribution in [0.1, 0.15) is 25.0 Å². The molecule has 0 bridgehead atoms. The van der Waals surface area contributed by atoms with Crippen LogP contribution in [0.5, 0.6) is 5.75 Å². The van der Waals surface area contributed by atoms with Gasteiger partial charge in [0, 0.05) is 37.2 Å². The molecule has 1 aromatic carbocycles. The third-order valence-electron chi connectivity index (χ3n) is 3.88. The number of rotatable bonds is 4. The van der Waals surface area contributed by atoms with E-state index in [1.54, 1.807) is 0 Å². The smallest absolute Gasteiger partial charge is 0.418 e. The lowest BCUT2D eigenvalue weighted by Gasteiger charge is -2.29. The summed E-state index contributed by atoms with van der Waals surface area (Å²) in [5.41, 5.74) is 1.83. The minimum Gasteiger partial charge on any atom is -0.487 e. The van der Waals surface area contributed by atoms with Gasteiger partial charge >= 0.3 is 6.09 Å². The summed E-state index contributed by atoms with van der Waals surface area (Å²) in [7, 11) is 0. The highest BCUT2D eigenvalue weighted by molar-refractivity contribution is 7.95. The van der Waals surface area contributed by atoms with Gasteiger partial charge in [0.25, 0.3) is 0 Å². The highest BCUT2D eigenvalue weighted by Crippen LogP contribution is 2.38. The Bertz CT molecular complexity index is 587. The van der Waals surface area contributed by atoms with Crippen molar-refractivity contribution in [2.24, 2.45) is 0 Å². The number of nitrogens with zero attached hydrogens (tertiary/aromatic N) is 2. The molecule has 1 N–H and O–H groups in total. The number of hydrogen-bond donors (Lipinski definition) is 1. The fourth-order valence-corrected chi connectivity index (χ4v) is 3.72. The maximum absolute atomic E-state index is 11.6. The molecule has 3 rings (SSSR count). The number of amides is 1. The Morgan fingerprint density at radius 1 is 1.39 bits per heavy atom. The van der Waals surface area contributed by atoms with Crippen molar-refractivity contribution in [3.63, 3.8) is 0 Å². The summed E-state index contributed by atoms with van der Waals surface area (Å²) in [5.74, 6) is 0.839. The van der Waals surface area contributed by atoms with Gasteiger partial charge in [0.05, 0.1) is 19.8 Å². The van der Waals surface area contributed by atoms with Crippen molar-refractivity contribution in [2.45, 2.75) is 32.4 Å². The second-order valence-corrected chi connectivity index (χ2v) is 7.51. The van der Waals surface area contributed by atoms with Crippen molar-refractivity contribution in [1.82, 2.24) is 8.61 Å². The monoisotopic (exact) mass is 338 g/mol. The SMILES string of the molecule is CC1(C)Cc2cccc(CN(SN3CCOCC3)C(=O)O)c2O1. The molecule has 0 saturated carbocycles. The van der Waals surface area contributed by atoms with Gasteiger partial charge in [0.2, 0.25) is 0 Å². The van der Waals surface area contributed by atoms with E-state index in [0.717, 1.165) is 36.4 Å². The van der Waals surface area contributed by atoms with Crippen molar-refractivity contribution >= 4 is 18.2 Å². The normalized spacial score (nSPS) is 19.9. The standard InChI is InChI=1S/C16H22N2O4S/c1-16(2)10-12-4-3-5-13(14(12)22-16)11-18(15(19)20)23-17-6-8-21-9-7-17/h3-5H,6-11H2,1-2H3,(H,19,20). The Labute approximate surface area is 140 Å². The topological polar surface area (TPSA) is 62.2 Å². The van der Waals surface area contributed by atoms with Crippen LogP contribution in [0.3, 0.4) is 0 Å². The fraction of sp³-hybridized carbons (Fsp3) is 0.562. The molecule has 7 heteroatoms. The van der Waals surface area contributed by atoms with Crippen molar-refractivity contribution in [2.75, 3.05) is 26.3 Å². The van der Waals surface area contributed by atoms with Crippen LogP contribution < -0.4 is 4.74 Å². The Morgan fingerprint density at radius 2 is 2.13 bits per heavy atom. The van der Waals surface area contributed by atoms with Gasteiger partial charge in [-0.1, -0.05) is 18.2 Å². The highest BCUT2D eigenvalue weighted by atomic mass is 32.2. The van der Waals surface area contributed by atoms with Crippen LogP contribution in [0.15, 0.2) is 18.2 Å². The van der Waals surface area contributed by atoms with Crippen LogP contribution in [0.25, 0.3) is 0 Å². The van der Waals surface area contributed by atoms with Crippen LogP contribution in [0.4, 0.5) is 4.79 Å². The molecule has 0 radical (unpaired) electrons. The van der Waals surface area contributed by atoms with E-state index in [9.17, 15) is 9.90 Å². The Hall–Kier alpha value is -1.44. The van der Waals surface area contributed by atoms with E-state index in [-0.39, 0.29) is 5.60 Å². The number of carbonyl (C=O) groups is 1. The summed E-state index contributed by atoms with van der Waals surface area (Å²) in [6.07, 6.45) is -0.101. The molecule has 2 heterocycles. The number of carboxylic acid groups (broad SMARTS) is 1.